The normalized spacial score (nSPS) is 10.4. The van der Waals surface area contributed by atoms with Gasteiger partial charge in [-0.25, -0.2) is 4.39 Å². The van der Waals surface area contributed by atoms with E-state index in [9.17, 15) is 14.5 Å². The van der Waals surface area contributed by atoms with Crippen LogP contribution < -0.4 is 4.90 Å². The molecular weight excluding hydrogens is 339 g/mol. The van der Waals surface area contributed by atoms with Crippen LogP contribution in [-0.4, -0.2) is 11.5 Å². The van der Waals surface area contributed by atoms with Gasteiger partial charge in [0.25, 0.3) is 5.69 Å². The fraction of sp³-hybridized carbons (Fsp3) is 0.200. The second kappa shape index (κ2) is 6.67. The Morgan fingerprint density at radius 1 is 1.19 bits per heavy atom. The quantitative estimate of drug-likeness (QED) is 0.441. The molecular formula is C15H14BrFN2O2. The number of hydrogen-bond donors (Lipinski definition) is 0. The molecule has 2 aromatic rings. The summed E-state index contributed by atoms with van der Waals surface area (Å²) in [6.07, 6.45) is 0. The predicted octanol–water partition coefficient (Wildman–Crippen LogP) is 4.79. The zero-order valence-electron chi connectivity index (χ0n) is 11.4. The molecule has 2 aromatic carbocycles. The zero-order valence-corrected chi connectivity index (χ0v) is 13.0. The van der Waals surface area contributed by atoms with E-state index < -0.39 is 4.92 Å². The molecule has 0 spiro atoms. The van der Waals surface area contributed by atoms with Crippen molar-refractivity contribution in [3.05, 3.63) is 64.0 Å². The third kappa shape index (κ3) is 3.39. The Morgan fingerprint density at radius 2 is 1.81 bits per heavy atom. The summed E-state index contributed by atoms with van der Waals surface area (Å²) < 4.78 is 13.0. The van der Waals surface area contributed by atoms with Crippen molar-refractivity contribution in [1.82, 2.24) is 0 Å². The van der Waals surface area contributed by atoms with Crippen LogP contribution in [0.25, 0.3) is 0 Å². The Labute approximate surface area is 130 Å². The van der Waals surface area contributed by atoms with Gasteiger partial charge in [0, 0.05) is 34.9 Å². The molecule has 0 aliphatic rings. The molecule has 0 unspecified atom stereocenters. The summed E-state index contributed by atoms with van der Waals surface area (Å²) in [6.45, 7) is 2.64. The molecule has 0 N–H and O–H groups in total. The summed E-state index contributed by atoms with van der Waals surface area (Å²) in [7, 11) is 0. The largest absolute Gasteiger partial charge is 0.342 e. The van der Waals surface area contributed by atoms with Crippen LogP contribution in [0.3, 0.4) is 0 Å². The van der Waals surface area contributed by atoms with E-state index in [1.165, 1.54) is 18.2 Å². The van der Waals surface area contributed by atoms with Crippen molar-refractivity contribution in [3.8, 4) is 0 Å². The highest BCUT2D eigenvalue weighted by molar-refractivity contribution is 9.08. The van der Waals surface area contributed by atoms with E-state index in [1.807, 2.05) is 11.8 Å². The first-order valence-electron chi connectivity index (χ1n) is 6.43. The summed E-state index contributed by atoms with van der Waals surface area (Å²) in [4.78, 5) is 12.5. The van der Waals surface area contributed by atoms with Gasteiger partial charge in [-0.2, -0.15) is 0 Å². The van der Waals surface area contributed by atoms with Crippen molar-refractivity contribution in [2.75, 3.05) is 11.4 Å². The van der Waals surface area contributed by atoms with Crippen LogP contribution in [-0.2, 0) is 5.33 Å². The molecule has 0 amide bonds. The summed E-state index contributed by atoms with van der Waals surface area (Å²) in [5.41, 5.74) is 2.38. The van der Waals surface area contributed by atoms with Gasteiger partial charge in [0.15, 0.2) is 0 Å². The van der Waals surface area contributed by atoms with E-state index in [0.29, 0.717) is 17.4 Å². The molecule has 110 valence electrons. The van der Waals surface area contributed by atoms with Crippen LogP contribution in [0.2, 0.25) is 0 Å². The lowest BCUT2D eigenvalue weighted by molar-refractivity contribution is -0.385. The number of hydrogen-bond acceptors (Lipinski definition) is 3. The van der Waals surface area contributed by atoms with Crippen molar-refractivity contribution < 1.29 is 9.31 Å². The van der Waals surface area contributed by atoms with Gasteiger partial charge in [0.05, 0.1) is 4.92 Å². The monoisotopic (exact) mass is 352 g/mol. The van der Waals surface area contributed by atoms with Gasteiger partial charge in [-0.15, -0.1) is 0 Å². The molecule has 0 atom stereocenters. The number of nitrogens with zero attached hydrogens (tertiary/aromatic N) is 2. The van der Waals surface area contributed by atoms with E-state index >= 15 is 0 Å². The standard InChI is InChI=1S/C15H14BrFN2O2/c1-2-18(13-5-3-12(17)4-6-13)14-7-8-15(19(20)21)11(9-14)10-16/h3-9H,2,10H2,1H3. The van der Waals surface area contributed by atoms with Crippen LogP contribution >= 0.6 is 15.9 Å². The Morgan fingerprint density at radius 3 is 2.33 bits per heavy atom. The van der Waals surface area contributed by atoms with Crippen LogP contribution in [0.1, 0.15) is 12.5 Å². The maximum atomic E-state index is 13.0. The fourth-order valence-corrected chi connectivity index (χ4v) is 2.61. The number of rotatable bonds is 5. The Balaban J connectivity index is 2.43. The van der Waals surface area contributed by atoms with Crippen molar-refractivity contribution >= 4 is 33.0 Å². The average molecular weight is 353 g/mol. The second-order valence-electron chi connectivity index (χ2n) is 4.42. The van der Waals surface area contributed by atoms with Crippen LogP contribution in [0.5, 0.6) is 0 Å². The van der Waals surface area contributed by atoms with Gasteiger partial charge in [-0.05, 0) is 43.3 Å². The minimum absolute atomic E-state index is 0.0887. The fourth-order valence-electron chi connectivity index (χ4n) is 2.16. The first-order chi connectivity index (χ1) is 10.1. The molecule has 4 nitrogen and oxygen atoms in total. The first kappa shape index (κ1) is 15.4. The Hall–Kier alpha value is -1.95. The molecule has 0 bridgehead atoms. The molecule has 0 aliphatic carbocycles. The maximum absolute atomic E-state index is 13.0. The van der Waals surface area contributed by atoms with E-state index in [4.69, 9.17) is 0 Å². The molecule has 0 aliphatic heterocycles. The molecule has 0 saturated carbocycles. The number of halogens is 2. The molecule has 0 radical (unpaired) electrons. The molecule has 0 aromatic heterocycles. The molecule has 0 saturated heterocycles. The summed E-state index contributed by atoms with van der Waals surface area (Å²) in [5.74, 6) is -0.292. The van der Waals surface area contributed by atoms with Crippen LogP contribution in [0, 0.1) is 15.9 Å². The van der Waals surface area contributed by atoms with E-state index in [2.05, 4.69) is 15.9 Å². The molecule has 2 rings (SSSR count). The topological polar surface area (TPSA) is 46.4 Å². The van der Waals surface area contributed by atoms with Crippen LogP contribution in [0.15, 0.2) is 42.5 Å². The van der Waals surface area contributed by atoms with Gasteiger partial charge in [0.1, 0.15) is 5.82 Å². The third-order valence-electron chi connectivity index (χ3n) is 3.17. The van der Waals surface area contributed by atoms with E-state index in [0.717, 1.165) is 11.4 Å². The highest BCUT2D eigenvalue weighted by atomic mass is 79.9. The highest BCUT2D eigenvalue weighted by Gasteiger charge is 2.16. The molecule has 0 fully saturated rings. The number of nitro groups is 1. The first-order valence-corrected chi connectivity index (χ1v) is 7.55. The molecule has 0 heterocycles. The van der Waals surface area contributed by atoms with Crippen molar-refractivity contribution in [2.45, 2.75) is 12.3 Å². The van der Waals surface area contributed by atoms with E-state index in [1.54, 1.807) is 24.3 Å². The van der Waals surface area contributed by atoms with Crippen LogP contribution in [0.4, 0.5) is 21.5 Å². The van der Waals surface area contributed by atoms with Crippen molar-refractivity contribution in [2.24, 2.45) is 0 Å². The second-order valence-corrected chi connectivity index (χ2v) is 4.99. The molecule has 6 heteroatoms. The van der Waals surface area contributed by atoms with Crippen molar-refractivity contribution in [1.29, 1.82) is 0 Å². The predicted molar refractivity (Wildman–Crippen MR) is 84.8 cm³/mol. The minimum atomic E-state index is -0.394. The number of nitro benzene ring substituents is 1. The Kier molecular flexibility index (Phi) is 4.90. The van der Waals surface area contributed by atoms with Crippen molar-refractivity contribution in [3.63, 3.8) is 0 Å². The average Bonchev–Trinajstić information content (AvgIpc) is 2.49. The smallest absolute Gasteiger partial charge is 0.273 e. The minimum Gasteiger partial charge on any atom is -0.342 e. The highest BCUT2D eigenvalue weighted by Crippen LogP contribution is 2.31. The lowest BCUT2D eigenvalue weighted by atomic mass is 10.1. The van der Waals surface area contributed by atoms with E-state index in [-0.39, 0.29) is 11.5 Å². The summed E-state index contributed by atoms with van der Waals surface area (Å²) in [6, 6.07) is 11.2. The van der Waals surface area contributed by atoms with Gasteiger partial charge < -0.3 is 4.90 Å². The maximum Gasteiger partial charge on any atom is 0.273 e. The van der Waals surface area contributed by atoms with Gasteiger partial charge in [-0.3, -0.25) is 10.1 Å². The number of alkyl halides is 1. The van der Waals surface area contributed by atoms with Gasteiger partial charge in [0.2, 0.25) is 0 Å². The van der Waals surface area contributed by atoms with Gasteiger partial charge >= 0.3 is 0 Å². The lowest BCUT2D eigenvalue weighted by Gasteiger charge is -2.23. The summed E-state index contributed by atoms with van der Waals surface area (Å²) in [5, 5.41) is 11.4. The third-order valence-corrected chi connectivity index (χ3v) is 3.77. The number of anilines is 2. The number of benzene rings is 2. The zero-order chi connectivity index (χ0) is 15.4. The Bertz CT molecular complexity index is 647. The SMILES string of the molecule is CCN(c1ccc(F)cc1)c1ccc([N+](=O)[O-])c(CBr)c1. The molecule has 21 heavy (non-hydrogen) atoms. The lowest BCUT2D eigenvalue weighted by Crippen LogP contribution is -2.16. The van der Waals surface area contributed by atoms with Gasteiger partial charge in [-0.1, -0.05) is 15.9 Å². The summed E-state index contributed by atoms with van der Waals surface area (Å²) >= 11 is 3.28.